The van der Waals surface area contributed by atoms with Gasteiger partial charge in [-0.25, -0.2) is 0 Å². The first kappa shape index (κ1) is 23.5. The number of aliphatic hydroxyl groups excluding tert-OH is 7. The van der Waals surface area contributed by atoms with Crippen LogP contribution < -0.4 is 0 Å². The van der Waals surface area contributed by atoms with E-state index in [0.717, 1.165) is 0 Å². The fourth-order valence-electron chi connectivity index (χ4n) is 3.72. The second-order valence-electron chi connectivity index (χ2n) is 7.74. The molecule has 0 saturated carbocycles. The van der Waals surface area contributed by atoms with Gasteiger partial charge in [-0.05, 0) is 13.0 Å². The van der Waals surface area contributed by atoms with E-state index in [1.807, 2.05) is 6.07 Å². The first-order valence-corrected chi connectivity index (χ1v) is 9.56. The van der Waals surface area contributed by atoms with Crippen LogP contribution in [-0.4, -0.2) is 115 Å². The van der Waals surface area contributed by atoms with Crippen LogP contribution in [0.15, 0.2) is 12.2 Å². The second kappa shape index (κ2) is 9.11. The molecule has 1 aliphatic carbocycles. The zero-order valence-electron chi connectivity index (χ0n) is 16.1. The topological polar surface area (TPSA) is 202 Å². The molecule has 0 amide bonds. The van der Waals surface area contributed by atoms with Crippen LogP contribution in [-0.2, 0) is 18.9 Å². The number of rotatable bonds is 5. The Labute approximate surface area is 172 Å². The number of nitrogens with zero attached hydrogens (tertiary/aromatic N) is 1. The number of hydrogen-bond acceptors (Lipinski definition) is 12. The maximum Gasteiger partial charge on any atom is 0.189 e. The lowest BCUT2D eigenvalue weighted by Gasteiger charge is -2.46. The van der Waals surface area contributed by atoms with Crippen molar-refractivity contribution in [3.63, 3.8) is 0 Å². The van der Waals surface area contributed by atoms with Crippen molar-refractivity contribution in [2.24, 2.45) is 0 Å². The summed E-state index contributed by atoms with van der Waals surface area (Å²) in [4.78, 5) is 0. The lowest BCUT2D eigenvalue weighted by atomic mass is 9.96. The highest BCUT2D eigenvalue weighted by molar-refractivity contribution is 5.24. The predicted octanol–water partition coefficient (Wildman–Crippen LogP) is -3.76. The Kier molecular flexibility index (Phi) is 7.12. The van der Waals surface area contributed by atoms with E-state index >= 15 is 0 Å². The first-order chi connectivity index (χ1) is 14.1. The number of aliphatic hydroxyl groups is 7. The zero-order valence-corrected chi connectivity index (χ0v) is 16.1. The van der Waals surface area contributed by atoms with E-state index in [0.29, 0.717) is 0 Å². The van der Waals surface area contributed by atoms with Gasteiger partial charge < -0.3 is 54.7 Å². The van der Waals surface area contributed by atoms with Gasteiger partial charge in [0.1, 0.15) is 48.8 Å². The van der Waals surface area contributed by atoms with Crippen molar-refractivity contribution in [1.82, 2.24) is 0 Å². The minimum absolute atomic E-state index is 0.101. The summed E-state index contributed by atoms with van der Waals surface area (Å²) in [5, 5.41) is 79.5. The van der Waals surface area contributed by atoms with Crippen LogP contribution in [0.25, 0.3) is 0 Å². The molecule has 7 N–H and O–H groups in total. The lowest BCUT2D eigenvalue weighted by Crippen LogP contribution is -2.64. The number of ether oxygens (including phenoxy) is 4. The van der Waals surface area contributed by atoms with E-state index in [4.69, 9.17) is 18.9 Å². The molecule has 0 radical (unpaired) electrons. The molecular formula is C18H27NO11. The summed E-state index contributed by atoms with van der Waals surface area (Å²) in [5.41, 5.74) is -1.59. The molecule has 12 nitrogen and oxygen atoms in total. The van der Waals surface area contributed by atoms with Crippen LogP contribution in [0.4, 0.5) is 0 Å². The van der Waals surface area contributed by atoms with Crippen LogP contribution in [0.5, 0.6) is 0 Å². The summed E-state index contributed by atoms with van der Waals surface area (Å²) >= 11 is 0. The molecule has 12 atom stereocenters. The van der Waals surface area contributed by atoms with Gasteiger partial charge in [-0.15, -0.1) is 0 Å². The fourth-order valence-corrected chi connectivity index (χ4v) is 3.72. The predicted molar refractivity (Wildman–Crippen MR) is 94.2 cm³/mol. The fraction of sp³-hybridized carbons (Fsp3) is 0.833. The molecule has 0 aromatic heterocycles. The maximum absolute atomic E-state index is 10.5. The molecule has 2 fully saturated rings. The molecule has 0 spiro atoms. The van der Waals surface area contributed by atoms with Crippen molar-refractivity contribution in [3.05, 3.63) is 12.2 Å². The average Bonchev–Trinajstić information content (AvgIpc) is 3.10. The molecule has 2 heterocycles. The molecular weight excluding hydrogens is 406 g/mol. The van der Waals surface area contributed by atoms with Gasteiger partial charge in [0.15, 0.2) is 18.2 Å². The maximum atomic E-state index is 10.5. The van der Waals surface area contributed by atoms with E-state index in [-0.39, 0.29) is 6.42 Å². The molecule has 12 unspecified atom stereocenters. The molecule has 12 heteroatoms. The number of nitriles is 1. The van der Waals surface area contributed by atoms with Crippen LogP contribution in [0.1, 0.15) is 13.3 Å². The summed E-state index contributed by atoms with van der Waals surface area (Å²) in [6, 6.07) is 1.88. The summed E-state index contributed by atoms with van der Waals surface area (Å²) in [6.45, 7) is 0.757. The van der Waals surface area contributed by atoms with Crippen molar-refractivity contribution in [2.75, 3.05) is 6.61 Å². The third-order valence-electron chi connectivity index (χ3n) is 5.54. The third kappa shape index (κ3) is 4.38. The molecule has 2 aliphatic heterocycles. The third-order valence-corrected chi connectivity index (χ3v) is 5.54. The Morgan fingerprint density at radius 3 is 2.23 bits per heavy atom. The van der Waals surface area contributed by atoms with Gasteiger partial charge in [0.05, 0.1) is 18.8 Å². The van der Waals surface area contributed by atoms with E-state index in [1.165, 1.54) is 19.1 Å². The van der Waals surface area contributed by atoms with Crippen molar-refractivity contribution in [3.8, 4) is 6.07 Å². The van der Waals surface area contributed by atoms with Crippen LogP contribution >= 0.6 is 0 Å². The SMILES string of the molecule is CC1OC(OC2C(CO)OC(OC3(C#N)C=CC(O)C3)C(O)C2O)C(O)C(O)C1O. The Balaban J connectivity index is 1.72. The normalized spacial score (nSPS) is 51.6. The van der Waals surface area contributed by atoms with Gasteiger partial charge in [0.2, 0.25) is 0 Å². The van der Waals surface area contributed by atoms with E-state index in [9.17, 15) is 41.0 Å². The Morgan fingerprint density at radius 2 is 1.67 bits per heavy atom. The molecule has 2 saturated heterocycles. The van der Waals surface area contributed by atoms with Crippen molar-refractivity contribution in [2.45, 2.75) is 86.5 Å². The summed E-state index contributed by atoms with van der Waals surface area (Å²) < 4.78 is 21.8. The van der Waals surface area contributed by atoms with Gasteiger partial charge in [0, 0.05) is 6.42 Å². The largest absolute Gasteiger partial charge is 0.394 e. The highest BCUT2D eigenvalue weighted by Gasteiger charge is 2.52. The quantitative estimate of drug-likeness (QED) is 0.209. The molecule has 30 heavy (non-hydrogen) atoms. The summed E-state index contributed by atoms with van der Waals surface area (Å²) in [5.74, 6) is 0. The van der Waals surface area contributed by atoms with Gasteiger partial charge in [-0.2, -0.15) is 5.26 Å². The molecule has 170 valence electrons. The summed E-state index contributed by atoms with van der Waals surface area (Å²) in [7, 11) is 0. The van der Waals surface area contributed by atoms with Gasteiger partial charge in [-0.3, -0.25) is 0 Å². The summed E-state index contributed by atoms with van der Waals surface area (Å²) in [6.07, 6.45) is -12.9. The molecule has 0 aromatic carbocycles. The standard InChI is InChI=1S/C18H27NO11/c1-7-10(22)11(23)13(25)16(27-7)29-15-9(5-20)28-17(14(26)12(15)24)30-18(6-19)3-2-8(21)4-18/h2-3,7-17,20-26H,4-5H2,1H3. The van der Waals surface area contributed by atoms with E-state index < -0.39 is 79.7 Å². The number of hydrogen-bond donors (Lipinski definition) is 7. The van der Waals surface area contributed by atoms with Gasteiger partial charge in [-0.1, -0.05) is 6.08 Å². The molecule has 0 aromatic rings. The zero-order chi connectivity index (χ0) is 22.2. The van der Waals surface area contributed by atoms with Crippen LogP contribution in [0.3, 0.4) is 0 Å². The van der Waals surface area contributed by atoms with Crippen LogP contribution in [0.2, 0.25) is 0 Å². The van der Waals surface area contributed by atoms with Gasteiger partial charge >= 0.3 is 0 Å². The van der Waals surface area contributed by atoms with E-state index in [2.05, 4.69) is 0 Å². The lowest BCUT2D eigenvalue weighted by molar-refractivity contribution is -0.361. The van der Waals surface area contributed by atoms with Crippen LogP contribution in [0, 0.1) is 11.3 Å². The van der Waals surface area contributed by atoms with Gasteiger partial charge in [0.25, 0.3) is 0 Å². The average molecular weight is 433 g/mol. The van der Waals surface area contributed by atoms with Crippen molar-refractivity contribution in [1.29, 1.82) is 5.26 Å². The Bertz CT molecular complexity index is 669. The smallest absolute Gasteiger partial charge is 0.189 e. The van der Waals surface area contributed by atoms with E-state index in [1.54, 1.807) is 0 Å². The molecule has 3 aliphatic rings. The minimum atomic E-state index is -1.72. The molecule has 3 rings (SSSR count). The van der Waals surface area contributed by atoms with Crippen molar-refractivity contribution < 1.29 is 54.7 Å². The monoisotopic (exact) mass is 433 g/mol. The minimum Gasteiger partial charge on any atom is -0.394 e. The Hall–Kier alpha value is -1.21. The molecule has 0 bridgehead atoms. The second-order valence-corrected chi connectivity index (χ2v) is 7.74. The highest BCUT2D eigenvalue weighted by Crippen LogP contribution is 2.34. The highest BCUT2D eigenvalue weighted by atomic mass is 16.7. The Morgan fingerprint density at radius 1 is 1.00 bits per heavy atom. The van der Waals surface area contributed by atoms with Crippen molar-refractivity contribution >= 4 is 0 Å². The first-order valence-electron chi connectivity index (χ1n) is 9.56.